The third kappa shape index (κ3) is 3.30. The number of ether oxygens (including phenoxy) is 1. The van der Waals surface area contributed by atoms with Crippen molar-refractivity contribution < 1.29 is 4.74 Å². The predicted octanol–water partition coefficient (Wildman–Crippen LogP) is 2.97. The summed E-state index contributed by atoms with van der Waals surface area (Å²) in [6.07, 6.45) is 2.25. The van der Waals surface area contributed by atoms with E-state index in [1.54, 1.807) is 0 Å². The molecule has 2 aliphatic heterocycles. The first-order valence-electron chi connectivity index (χ1n) is 7.05. The normalized spacial score (nSPS) is 23.1. The fourth-order valence-electron chi connectivity index (χ4n) is 3.14. The molecule has 0 spiro atoms. The summed E-state index contributed by atoms with van der Waals surface area (Å²) in [5, 5.41) is 0. The molecule has 3 nitrogen and oxygen atoms in total. The van der Waals surface area contributed by atoms with Crippen molar-refractivity contribution in [1.29, 1.82) is 0 Å². The van der Waals surface area contributed by atoms with Crippen LogP contribution in [0.1, 0.15) is 24.5 Å². The van der Waals surface area contributed by atoms with Crippen molar-refractivity contribution in [2.75, 3.05) is 19.7 Å². The van der Waals surface area contributed by atoms with E-state index in [-0.39, 0.29) is 12.4 Å². The second-order valence-corrected chi connectivity index (χ2v) is 6.71. The molecule has 0 amide bonds. The molecule has 5 heteroatoms. The van der Waals surface area contributed by atoms with Crippen LogP contribution in [-0.2, 0) is 13.0 Å². The molecule has 20 heavy (non-hydrogen) atoms. The minimum absolute atomic E-state index is 0. The largest absolute Gasteiger partial charge is 0.493 e. The first-order chi connectivity index (χ1) is 9.13. The number of rotatable bonds is 3. The summed E-state index contributed by atoms with van der Waals surface area (Å²) in [5.41, 5.74) is 8.66. The topological polar surface area (TPSA) is 38.5 Å². The molecule has 112 valence electrons. The summed E-state index contributed by atoms with van der Waals surface area (Å²) in [4.78, 5) is 2.50. The van der Waals surface area contributed by atoms with Gasteiger partial charge >= 0.3 is 0 Å². The number of likely N-dealkylation sites (tertiary alicyclic amines) is 1. The van der Waals surface area contributed by atoms with E-state index in [0.717, 1.165) is 42.9 Å². The second-order valence-electron chi connectivity index (χ2n) is 5.79. The van der Waals surface area contributed by atoms with Crippen LogP contribution >= 0.6 is 28.3 Å². The fourth-order valence-corrected chi connectivity index (χ4v) is 3.69. The molecule has 2 heterocycles. The van der Waals surface area contributed by atoms with Gasteiger partial charge in [0.2, 0.25) is 0 Å². The zero-order chi connectivity index (χ0) is 13.4. The zero-order valence-corrected chi connectivity index (χ0v) is 14.2. The quantitative estimate of drug-likeness (QED) is 0.899. The van der Waals surface area contributed by atoms with Crippen molar-refractivity contribution in [3.05, 3.63) is 27.7 Å². The number of fused-ring (bicyclic) bond motifs is 1. The van der Waals surface area contributed by atoms with E-state index in [9.17, 15) is 0 Å². The lowest BCUT2D eigenvalue weighted by atomic mass is 10.0. The number of nitrogens with zero attached hydrogens (tertiary/aromatic N) is 1. The Balaban J connectivity index is 0.00000147. The minimum atomic E-state index is 0. The Morgan fingerprint density at radius 3 is 3.00 bits per heavy atom. The molecular weight excluding hydrogens is 340 g/mol. The molecule has 3 rings (SSSR count). The lowest BCUT2D eigenvalue weighted by Gasteiger charge is -2.19. The van der Waals surface area contributed by atoms with Gasteiger partial charge in [-0.3, -0.25) is 4.90 Å². The molecule has 0 aliphatic carbocycles. The molecule has 2 N–H and O–H groups in total. The van der Waals surface area contributed by atoms with Gasteiger partial charge in [-0.15, -0.1) is 12.4 Å². The molecule has 2 unspecified atom stereocenters. The molecule has 0 aromatic heterocycles. The Hall–Kier alpha value is -0.290. The average molecular weight is 362 g/mol. The van der Waals surface area contributed by atoms with E-state index in [2.05, 4.69) is 39.9 Å². The van der Waals surface area contributed by atoms with Crippen molar-refractivity contribution in [2.24, 2.45) is 11.7 Å². The number of hydrogen-bond donors (Lipinski definition) is 1. The monoisotopic (exact) mass is 360 g/mol. The Labute approximate surface area is 135 Å². The number of benzene rings is 1. The Morgan fingerprint density at radius 1 is 1.50 bits per heavy atom. The van der Waals surface area contributed by atoms with Gasteiger partial charge in [0, 0.05) is 35.6 Å². The highest BCUT2D eigenvalue weighted by Gasteiger charge is 2.27. The maximum absolute atomic E-state index is 6.01. The van der Waals surface area contributed by atoms with Crippen LogP contribution in [0.25, 0.3) is 0 Å². The Bertz CT molecular complexity index is 481. The third-order valence-corrected chi connectivity index (χ3v) is 4.73. The van der Waals surface area contributed by atoms with Gasteiger partial charge in [0.15, 0.2) is 0 Å². The van der Waals surface area contributed by atoms with E-state index in [4.69, 9.17) is 10.5 Å². The molecule has 2 atom stereocenters. The molecule has 2 aliphatic rings. The summed E-state index contributed by atoms with van der Waals surface area (Å²) < 4.78 is 6.96. The highest BCUT2D eigenvalue weighted by Crippen LogP contribution is 2.34. The van der Waals surface area contributed by atoms with E-state index in [1.807, 2.05) is 0 Å². The first kappa shape index (κ1) is 16.1. The average Bonchev–Trinajstić information content (AvgIpc) is 2.96. The Kier molecular flexibility index (Phi) is 5.35. The van der Waals surface area contributed by atoms with Crippen LogP contribution in [0.5, 0.6) is 5.75 Å². The van der Waals surface area contributed by atoms with Gasteiger partial charge < -0.3 is 10.5 Å². The van der Waals surface area contributed by atoms with Gasteiger partial charge in [0.05, 0.1) is 6.61 Å². The third-order valence-electron chi connectivity index (χ3n) is 4.27. The van der Waals surface area contributed by atoms with Gasteiger partial charge in [-0.1, -0.05) is 15.9 Å². The van der Waals surface area contributed by atoms with E-state index in [0.29, 0.717) is 12.0 Å². The summed E-state index contributed by atoms with van der Waals surface area (Å²) in [6.45, 7) is 6.17. The van der Waals surface area contributed by atoms with Crippen LogP contribution < -0.4 is 10.5 Å². The first-order valence-corrected chi connectivity index (χ1v) is 7.85. The lowest BCUT2D eigenvalue weighted by Crippen LogP contribution is -2.29. The number of halogens is 2. The predicted molar refractivity (Wildman–Crippen MR) is 87.6 cm³/mol. The standard InChI is InChI=1S/C15H21BrN2O.ClH/c1-10(17)12-2-4-18(8-12)9-13-7-14(16)6-11-3-5-19-15(11)13;/h6-7,10,12H,2-5,8-9,17H2,1H3;1H. The van der Waals surface area contributed by atoms with Crippen molar-refractivity contribution in [3.63, 3.8) is 0 Å². The maximum atomic E-state index is 6.01. The summed E-state index contributed by atoms with van der Waals surface area (Å²) in [5.74, 6) is 1.76. The van der Waals surface area contributed by atoms with Crippen molar-refractivity contribution in [3.8, 4) is 5.75 Å². The number of nitrogens with two attached hydrogens (primary N) is 1. The highest BCUT2D eigenvalue weighted by molar-refractivity contribution is 9.10. The van der Waals surface area contributed by atoms with Crippen LogP contribution in [0.3, 0.4) is 0 Å². The molecule has 1 aromatic carbocycles. The SMILES string of the molecule is CC(N)C1CCN(Cc2cc(Br)cc3c2OCC3)C1.Cl. The van der Waals surface area contributed by atoms with Crippen LogP contribution in [-0.4, -0.2) is 30.6 Å². The van der Waals surface area contributed by atoms with Crippen molar-refractivity contribution >= 4 is 28.3 Å². The van der Waals surface area contributed by atoms with E-state index in [1.165, 1.54) is 17.5 Å². The Morgan fingerprint density at radius 2 is 2.30 bits per heavy atom. The second kappa shape index (κ2) is 6.65. The highest BCUT2D eigenvalue weighted by atomic mass is 79.9. The van der Waals surface area contributed by atoms with E-state index >= 15 is 0 Å². The molecule has 0 bridgehead atoms. The summed E-state index contributed by atoms with van der Waals surface area (Å²) in [6, 6.07) is 4.68. The van der Waals surface area contributed by atoms with Crippen LogP contribution in [0.4, 0.5) is 0 Å². The smallest absolute Gasteiger partial charge is 0.127 e. The summed E-state index contributed by atoms with van der Waals surface area (Å²) in [7, 11) is 0. The molecule has 1 aromatic rings. The van der Waals surface area contributed by atoms with Crippen molar-refractivity contribution in [2.45, 2.75) is 32.4 Å². The minimum Gasteiger partial charge on any atom is -0.493 e. The van der Waals surface area contributed by atoms with E-state index < -0.39 is 0 Å². The maximum Gasteiger partial charge on any atom is 0.127 e. The zero-order valence-electron chi connectivity index (χ0n) is 11.8. The molecule has 0 radical (unpaired) electrons. The molecule has 1 fully saturated rings. The van der Waals surface area contributed by atoms with Crippen LogP contribution in [0, 0.1) is 5.92 Å². The molecule has 1 saturated heterocycles. The molecule has 0 saturated carbocycles. The fraction of sp³-hybridized carbons (Fsp3) is 0.600. The molecular formula is C15H22BrClN2O. The van der Waals surface area contributed by atoms with Gasteiger partial charge in [0.1, 0.15) is 5.75 Å². The van der Waals surface area contributed by atoms with Gasteiger partial charge in [-0.05, 0) is 43.5 Å². The van der Waals surface area contributed by atoms with Gasteiger partial charge in [0.25, 0.3) is 0 Å². The number of hydrogen-bond acceptors (Lipinski definition) is 3. The van der Waals surface area contributed by atoms with Crippen LogP contribution in [0.15, 0.2) is 16.6 Å². The van der Waals surface area contributed by atoms with Gasteiger partial charge in [-0.2, -0.15) is 0 Å². The van der Waals surface area contributed by atoms with Gasteiger partial charge in [-0.25, -0.2) is 0 Å². The summed E-state index contributed by atoms with van der Waals surface area (Å²) >= 11 is 3.61. The van der Waals surface area contributed by atoms with Crippen LogP contribution in [0.2, 0.25) is 0 Å². The lowest BCUT2D eigenvalue weighted by molar-refractivity contribution is 0.297. The van der Waals surface area contributed by atoms with Crippen molar-refractivity contribution in [1.82, 2.24) is 4.90 Å².